The van der Waals surface area contributed by atoms with Gasteiger partial charge in [0, 0.05) is 32.2 Å². The predicted octanol–water partition coefficient (Wildman–Crippen LogP) is 1.23. The highest BCUT2D eigenvalue weighted by Crippen LogP contribution is 2.26. The van der Waals surface area contributed by atoms with E-state index in [9.17, 15) is 0 Å². The van der Waals surface area contributed by atoms with Crippen LogP contribution in [0.1, 0.15) is 6.42 Å². The number of nitrogens with zero attached hydrogens (tertiary/aromatic N) is 1. The summed E-state index contributed by atoms with van der Waals surface area (Å²) in [4.78, 5) is 2.06. The van der Waals surface area contributed by atoms with Gasteiger partial charge in [-0.05, 0) is 24.3 Å². The molecule has 1 saturated carbocycles. The van der Waals surface area contributed by atoms with E-state index < -0.39 is 0 Å². The fraction of sp³-hybridized carbons (Fsp3) is 0.455. The molecule has 0 amide bonds. The molecule has 0 spiro atoms. The van der Waals surface area contributed by atoms with Crippen molar-refractivity contribution in [1.29, 1.82) is 0 Å². The second-order valence-electron chi connectivity index (χ2n) is 3.94. The molecule has 2 N–H and O–H groups in total. The Hall–Kier alpha value is -1.22. The van der Waals surface area contributed by atoms with E-state index in [0.29, 0.717) is 0 Å². The summed E-state index contributed by atoms with van der Waals surface area (Å²) in [5.74, 6) is 0.911. The van der Waals surface area contributed by atoms with Gasteiger partial charge in [-0.15, -0.1) is 0 Å². The number of anilines is 1. The van der Waals surface area contributed by atoms with Gasteiger partial charge in [-0.1, -0.05) is 0 Å². The molecule has 1 aliphatic carbocycles. The summed E-state index contributed by atoms with van der Waals surface area (Å²) >= 11 is 0. The second kappa shape index (κ2) is 3.50. The van der Waals surface area contributed by atoms with Crippen LogP contribution < -0.4 is 15.4 Å². The van der Waals surface area contributed by atoms with Crippen molar-refractivity contribution in [1.82, 2.24) is 0 Å². The van der Waals surface area contributed by atoms with Crippen LogP contribution in [-0.4, -0.2) is 26.2 Å². The van der Waals surface area contributed by atoms with E-state index in [0.717, 1.165) is 12.2 Å². The van der Waals surface area contributed by atoms with E-state index in [4.69, 9.17) is 10.5 Å². The van der Waals surface area contributed by atoms with Crippen molar-refractivity contribution in [3.8, 4) is 5.75 Å². The van der Waals surface area contributed by atoms with Gasteiger partial charge in [0.2, 0.25) is 0 Å². The zero-order valence-electron chi connectivity index (χ0n) is 8.60. The maximum absolute atomic E-state index is 5.66. The van der Waals surface area contributed by atoms with Crippen molar-refractivity contribution in [2.45, 2.75) is 18.6 Å². The minimum Gasteiger partial charge on any atom is -0.489 e. The zero-order valence-corrected chi connectivity index (χ0v) is 8.60. The van der Waals surface area contributed by atoms with Gasteiger partial charge in [-0.3, -0.25) is 0 Å². The number of nitrogens with two attached hydrogens (primary N) is 1. The topological polar surface area (TPSA) is 38.5 Å². The minimum absolute atomic E-state index is 0.236. The molecule has 1 aromatic rings. The molecular formula is C11H16N2O. The average Bonchev–Trinajstić information content (AvgIpc) is 2.82. The van der Waals surface area contributed by atoms with Gasteiger partial charge < -0.3 is 15.4 Å². The molecule has 0 aliphatic heterocycles. The second-order valence-corrected chi connectivity index (χ2v) is 3.94. The van der Waals surface area contributed by atoms with Crippen molar-refractivity contribution in [3.63, 3.8) is 0 Å². The first-order valence-electron chi connectivity index (χ1n) is 4.86. The highest BCUT2D eigenvalue weighted by atomic mass is 16.5. The number of benzene rings is 1. The highest BCUT2D eigenvalue weighted by molar-refractivity contribution is 5.47. The van der Waals surface area contributed by atoms with E-state index in [1.54, 1.807) is 0 Å². The first kappa shape index (κ1) is 9.34. The first-order chi connectivity index (χ1) is 6.66. The number of hydrogen-bond donors (Lipinski definition) is 1. The number of rotatable bonds is 3. The van der Waals surface area contributed by atoms with Gasteiger partial charge >= 0.3 is 0 Å². The van der Waals surface area contributed by atoms with E-state index in [1.165, 1.54) is 5.69 Å². The fourth-order valence-corrected chi connectivity index (χ4v) is 1.32. The van der Waals surface area contributed by atoms with Gasteiger partial charge in [0.1, 0.15) is 11.9 Å². The zero-order chi connectivity index (χ0) is 10.1. The lowest BCUT2D eigenvalue weighted by Crippen LogP contribution is -2.11. The summed E-state index contributed by atoms with van der Waals surface area (Å²) in [6.45, 7) is 0. The van der Waals surface area contributed by atoms with Crippen LogP contribution in [0.25, 0.3) is 0 Å². The Morgan fingerprint density at radius 1 is 1.29 bits per heavy atom. The minimum atomic E-state index is 0.236. The van der Waals surface area contributed by atoms with Gasteiger partial charge in [-0.25, -0.2) is 0 Å². The van der Waals surface area contributed by atoms with Crippen LogP contribution in [-0.2, 0) is 0 Å². The summed E-state index contributed by atoms with van der Waals surface area (Å²) in [5.41, 5.74) is 6.84. The summed E-state index contributed by atoms with van der Waals surface area (Å²) in [6, 6.07) is 8.30. The highest BCUT2D eigenvalue weighted by Gasteiger charge is 2.35. The van der Waals surface area contributed by atoms with Gasteiger partial charge in [0.15, 0.2) is 0 Å². The molecule has 3 heteroatoms. The summed E-state index contributed by atoms with van der Waals surface area (Å²) < 4.78 is 5.63. The van der Waals surface area contributed by atoms with Crippen molar-refractivity contribution < 1.29 is 4.74 Å². The Kier molecular flexibility index (Phi) is 2.33. The van der Waals surface area contributed by atoms with Crippen LogP contribution in [0.3, 0.4) is 0 Å². The van der Waals surface area contributed by atoms with Crippen LogP contribution in [0.4, 0.5) is 5.69 Å². The summed E-state index contributed by atoms with van der Waals surface area (Å²) in [7, 11) is 4.04. The van der Waals surface area contributed by atoms with E-state index in [1.807, 2.05) is 38.4 Å². The molecule has 2 unspecified atom stereocenters. The molecule has 1 aromatic carbocycles. The summed E-state index contributed by atoms with van der Waals surface area (Å²) in [6.07, 6.45) is 1.22. The Balaban J connectivity index is 1.99. The molecule has 0 aromatic heterocycles. The van der Waals surface area contributed by atoms with Crippen LogP contribution >= 0.6 is 0 Å². The van der Waals surface area contributed by atoms with E-state index >= 15 is 0 Å². The third-order valence-electron chi connectivity index (χ3n) is 2.42. The SMILES string of the molecule is CN(C)c1ccc(OC2CC2N)cc1. The fourth-order valence-electron chi connectivity index (χ4n) is 1.32. The third kappa shape index (κ3) is 1.99. The molecule has 2 atom stereocenters. The molecule has 0 bridgehead atoms. The molecule has 14 heavy (non-hydrogen) atoms. The molecular weight excluding hydrogens is 176 g/mol. The third-order valence-corrected chi connectivity index (χ3v) is 2.42. The quantitative estimate of drug-likeness (QED) is 0.783. The van der Waals surface area contributed by atoms with Gasteiger partial charge in [0.25, 0.3) is 0 Å². The lowest BCUT2D eigenvalue weighted by atomic mass is 10.3. The standard InChI is InChI=1S/C11H16N2O/c1-13(2)8-3-5-9(6-4-8)14-11-7-10(11)12/h3-6,10-11H,7,12H2,1-2H3. The van der Waals surface area contributed by atoms with Crippen LogP contribution in [0.15, 0.2) is 24.3 Å². The van der Waals surface area contributed by atoms with Crippen LogP contribution in [0.5, 0.6) is 5.75 Å². The first-order valence-corrected chi connectivity index (χ1v) is 4.86. The molecule has 0 heterocycles. The lowest BCUT2D eigenvalue weighted by Gasteiger charge is -2.12. The predicted molar refractivity (Wildman–Crippen MR) is 57.8 cm³/mol. The number of ether oxygens (including phenoxy) is 1. The Morgan fingerprint density at radius 2 is 1.86 bits per heavy atom. The van der Waals surface area contributed by atoms with Crippen molar-refractivity contribution in [2.24, 2.45) is 5.73 Å². The number of hydrogen-bond acceptors (Lipinski definition) is 3. The van der Waals surface area contributed by atoms with Crippen LogP contribution in [0, 0.1) is 0 Å². The van der Waals surface area contributed by atoms with Crippen molar-refractivity contribution in [2.75, 3.05) is 19.0 Å². The smallest absolute Gasteiger partial charge is 0.119 e. The maximum atomic E-state index is 5.66. The maximum Gasteiger partial charge on any atom is 0.119 e. The van der Waals surface area contributed by atoms with Gasteiger partial charge in [0.05, 0.1) is 0 Å². The van der Waals surface area contributed by atoms with E-state index in [-0.39, 0.29) is 12.1 Å². The van der Waals surface area contributed by atoms with E-state index in [2.05, 4.69) is 4.90 Å². The molecule has 0 radical (unpaired) electrons. The van der Waals surface area contributed by atoms with Gasteiger partial charge in [-0.2, -0.15) is 0 Å². The molecule has 2 rings (SSSR count). The molecule has 76 valence electrons. The van der Waals surface area contributed by atoms with Crippen molar-refractivity contribution in [3.05, 3.63) is 24.3 Å². The Bertz CT molecular complexity index is 308. The molecule has 0 saturated heterocycles. The monoisotopic (exact) mass is 192 g/mol. The van der Waals surface area contributed by atoms with Crippen LogP contribution in [0.2, 0.25) is 0 Å². The molecule has 1 aliphatic rings. The van der Waals surface area contributed by atoms with Crippen molar-refractivity contribution >= 4 is 5.69 Å². The molecule has 3 nitrogen and oxygen atoms in total. The normalized spacial score (nSPS) is 24.5. The summed E-state index contributed by atoms with van der Waals surface area (Å²) in [5, 5.41) is 0. The molecule has 1 fully saturated rings. The average molecular weight is 192 g/mol. The Morgan fingerprint density at radius 3 is 2.29 bits per heavy atom. The largest absolute Gasteiger partial charge is 0.489 e. The lowest BCUT2D eigenvalue weighted by molar-refractivity contribution is 0.296. The Labute approximate surface area is 84.5 Å².